The molecule has 1 aliphatic rings. The van der Waals surface area contributed by atoms with E-state index in [-0.39, 0.29) is 0 Å². The number of hydrogen-bond acceptors (Lipinski definition) is 1. The summed E-state index contributed by atoms with van der Waals surface area (Å²) in [5.41, 5.74) is 5.96. The number of rotatable bonds is 12. The molecule has 0 saturated heterocycles. The van der Waals surface area contributed by atoms with Gasteiger partial charge in [0.1, 0.15) is 5.75 Å². The highest BCUT2D eigenvalue weighted by molar-refractivity contribution is 5.34. The summed E-state index contributed by atoms with van der Waals surface area (Å²) in [6, 6.07) is 16.0. The van der Waals surface area contributed by atoms with Gasteiger partial charge in [-0.25, -0.2) is 0 Å². The average molecular weight is 421 g/mol. The van der Waals surface area contributed by atoms with Crippen LogP contribution < -0.4 is 4.74 Å². The van der Waals surface area contributed by atoms with Crippen LogP contribution in [0.2, 0.25) is 0 Å². The molecule has 0 aromatic heterocycles. The summed E-state index contributed by atoms with van der Waals surface area (Å²) >= 11 is 0. The van der Waals surface area contributed by atoms with Crippen molar-refractivity contribution in [3.8, 4) is 5.75 Å². The van der Waals surface area contributed by atoms with Crippen molar-refractivity contribution in [1.29, 1.82) is 0 Å². The Hall–Kier alpha value is -1.76. The van der Waals surface area contributed by atoms with E-state index < -0.39 is 0 Å². The average Bonchev–Trinajstić information content (AvgIpc) is 2.80. The first-order valence-electron chi connectivity index (χ1n) is 13.0. The van der Waals surface area contributed by atoms with E-state index in [4.69, 9.17) is 4.74 Å². The zero-order chi connectivity index (χ0) is 21.9. The normalized spacial score (nSPS) is 18.8. The zero-order valence-corrected chi connectivity index (χ0v) is 20.3. The van der Waals surface area contributed by atoms with E-state index in [1.54, 1.807) is 5.56 Å². The van der Waals surface area contributed by atoms with Crippen LogP contribution in [0.4, 0.5) is 0 Å². The fraction of sp³-hybridized carbons (Fsp3) is 0.600. The summed E-state index contributed by atoms with van der Waals surface area (Å²) in [6.07, 6.45) is 15.8. The Morgan fingerprint density at radius 2 is 1.55 bits per heavy atom. The lowest BCUT2D eigenvalue weighted by molar-refractivity contribution is 0.302. The molecule has 3 rings (SSSR count). The molecule has 0 amide bonds. The van der Waals surface area contributed by atoms with E-state index in [0.29, 0.717) is 0 Å². The van der Waals surface area contributed by atoms with Crippen molar-refractivity contribution in [3.05, 3.63) is 64.7 Å². The van der Waals surface area contributed by atoms with Crippen molar-refractivity contribution in [1.82, 2.24) is 0 Å². The highest BCUT2D eigenvalue weighted by Gasteiger charge is 2.22. The molecule has 1 nitrogen and oxygen atoms in total. The maximum absolute atomic E-state index is 5.78. The second-order valence-corrected chi connectivity index (χ2v) is 9.75. The Morgan fingerprint density at radius 1 is 0.806 bits per heavy atom. The summed E-state index contributed by atoms with van der Waals surface area (Å²) in [7, 11) is 0. The molecule has 0 aliphatic heterocycles. The first kappa shape index (κ1) is 23.9. The molecule has 0 unspecified atom stereocenters. The van der Waals surface area contributed by atoms with E-state index >= 15 is 0 Å². The highest BCUT2D eigenvalue weighted by Crippen LogP contribution is 2.38. The summed E-state index contributed by atoms with van der Waals surface area (Å²) in [6.45, 7) is 7.63. The van der Waals surface area contributed by atoms with Gasteiger partial charge in [0.15, 0.2) is 0 Å². The molecule has 2 aromatic rings. The molecule has 0 N–H and O–H groups in total. The molecule has 1 fully saturated rings. The molecule has 0 spiro atoms. The molecule has 1 heteroatoms. The molecule has 0 atom stereocenters. The largest absolute Gasteiger partial charge is 0.494 e. The summed E-state index contributed by atoms with van der Waals surface area (Å²) < 4.78 is 5.78. The van der Waals surface area contributed by atoms with Crippen LogP contribution in [-0.2, 0) is 12.8 Å². The Balaban J connectivity index is 1.46. The van der Waals surface area contributed by atoms with Crippen LogP contribution in [0.3, 0.4) is 0 Å². The molecule has 170 valence electrons. The van der Waals surface area contributed by atoms with Gasteiger partial charge < -0.3 is 4.74 Å². The fourth-order valence-corrected chi connectivity index (χ4v) is 5.09. The molecule has 2 aromatic carbocycles. The van der Waals surface area contributed by atoms with Crippen LogP contribution in [0.15, 0.2) is 42.5 Å². The van der Waals surface area contributed by atoms with Crippen LogP contribution in [0.1, 0.15) is 106 Å². The number of benzene rings is 2. The second-order valence-electron chi connectivity index (χ2n) is 9.75. The lowest BCUT2D eigenvalue weighted by atomic mass is 9.76. The number of hydrogen-bond donors (Lipinski definition) is 0. The minimum atomic E-state index is 0.787. The number of ether oxygens (including phenoxy) is 1. The van der Waals surface area contributed by atoms with Crippen LogP contribution in [0.5, 0.6) is 5.75 Å². The minimum absolute atomic E-state index is 0.787. The second kappa shape index (κ2) is 12.9. The standard InChI is InChI=1S/C30H44O/c1-4-6-8-9-25-11-16-28(17-12-25)29-19-18-27(24(3)23-29)15-10-26-13-20-30(21-14-26)31-22-7-5-2/h13-14,18-21,23,25,28H,4-12,15-17,22H2,1-3H3. The van der Waals surface area contributed by atoms with Crippen molar-refractivity contribution >= 4 is 0 Å². The van der Waals surface area contributed by atoms with E-state index in [1.165, 1.54) is 74.5 Å². The van der Waals surface area contributed by atoms with Crippen molar-refractivity contribution in [2.75, 3.05) is 6.61 Å². The van der Waals surface area contributed by atoms with Gasteiger partial charge in [0, 0.05) is 0 Å². The molecular weight excluding hydrogens is 376 g/mol. The third kappa shape index (κ3) is 7.70. The summed E-state index contributed by atoms with van der Waals surface area (Å²) in [5, 5.41) is 0. The quantitative estimate of drug-likeness (QED) is 0.312. The number of unbranched alkanes of at least 4 members (excludes halogenated alkanes) is 3. The molecule has 1 aliphatic carbocycles. The Bertz CT molecular complexity index is 752. The molecule has 1 saturated carbocycles. The van der Waals surface area contributed by atoms with E-state index in [9.17, 15) is 0 Å². The Labute approximate surface area is 191 Å². The molecule has 0 bridgehead atoms. The van der Waals surface area contributed by atoms with Crippen LogP contribution >= 0.6 is 0 Å². The highest BCUT2D eigenvalue weighted by atomic mass is 16.5. The first-order valence-corrected chi connectivity index (χ1v) is 13.0. The van der Waals surface area contributed by atoms with Gasteiger partial charge in [-0.1, -0.05) is 76.3 Å². The van der Waals surface area contributed by atoms with Gasteiger partial charge in [-0.3, -0.25) is 0 Å². The summed E-state index contributed by atoms with van der Waals surface area (Å²) in [5.74, 6) is 2.78. The van der Waals surface area contributed by atoms with Crippen molar-refractivity contribution in [2.45, 2.75) is 104 Å². The van der Waals surface area contributed by atoms with E-state index in [1.807, 2.05) is 0 Å². The minimum Gasteiger partial charge on any atom is -0.494 e. The van der Waals surface area contributed by atoms with Gasteiger partial charge in [-0.05, 0) is 98.1 Å². The van der Waals surface area contributed by atoms with Crippen LogP contribution in [-0.4, -0.2) is 6.61 Å². The monoisotopic (exact) mass is 420 g/mol. The van der Waals surface area contributed by atoms with Gasteiger partial charge in [0.2, 0.25) is 0 Å². The predicted octanol–water partition coefficient (Wildman–Crippen LogP) is 8.81. The maximum atomic E-state index is 5.78. The Kier molecular flexibility index (Phi) is 9.97. The first-order chi connectivity index (χ1) is 15.2. The molecule has 31 heavy (non-hydrogen) atoms. The van der Waals surface area contributed by atoms with Crippen LogP contribution in [0.25, 0.3) is 0 Å². The van der Waals surface area contributed by atoms with Gasteiger partial charge in [0.25, 0.3) is 0 Å². The lowest BCUT2D eigenvalue weighted by Gasteiger charge is -2.29. The lowest BCUT2D eigenvalue weighted by Crippen LogP contribution is -2.13. The predicted molar refractivity (Wildman–Crippen MR) is 134 cm³/mol. The summed E-state index contributed by atoms with van der Waals surface area (Å²) in [4.78, 5) is 0. The smallest absolute Gasteiger partial charge is 0.119 e. The van der Waals surface area contributed by atoms with Gasteiger partial charge in [-0.15, -0.1) is 0 Å². The van der Waals surface area contributed by atoms with Gasteiger partial charge in [-0.2, -0.15) is 0 Å². The van der Waals surface area contributed by atoms with Gasteiger partial charge in [0.05, 0.1) is 6.61 Å². The van der Waals surface area contributed by atoms with Crippen molar-refractivity contribution in [2.24, 2.45) is 5.92 Å². The Morgan fingerprint density at radius 3 is 2.23 bits per heavy atom. The third-order valence-corrected chi connectivity index (χ3v) is 7.27. The van der Waals surface area contributed by atoms with Gasteiger partial charge >= 0.3 is 0 Å². The SMILES string of the molecule is CCCCCC1CCC(c2ccc(CCc3ccc(OCCCC)cc3)c(C)c2)CC1. The zero-order valence-electron chi connectivity index (χ0n) is 20.3. The van der Waals surface area contributed by atoms with E-state index in [2.05, 4.69) is 63.2 Å². The molecule has 0 radical (unpaired) electrons. The number of aryl methyl sites for hydroxylation is 3. The van der Waals surface area contributed by atoms with Crippen molar-refractivity contribution in [3.63, 3.8) is 0 Å². The molecule has 0 heterocycles. The maximum Gasteiger partial charge on any atom is 0.119 e. The molecular formula is C30H44O. The van der Waals surface area contributed by atoms with Crippen molar-refractivity contribution < 1.29 is 4.74 Å². The van der Waals surface area contributed by atoms with Crippen LogP contribution in [0, 0.1) is 12.8 Å². The van der Waals surface area contributed by atoms with E-state index in [0.717, 1.165) is 43.5 Å². The third-order valence-electron chi connectivity index (χ3n) is 7.27. The fourth-order valence-electron chi connectivity index (χ4n) is 5.09. The topological polar surface area (TPSA) is 9.23 Å².